The average Bonchev–Trinajstić information content (AvgIpc) is 3.06. The summed E-state index contributed by atoms with van der Waals surface area (Å²) in [6, 6.07) is 7.44. The van der Waals surface area contributed by atoms with E-state index < -0.39 is 21.5 Å². The number of furan rings is 1. The molecule has 0 spiro atoms. The van der Waals surface area contributed by atoms with Crippen molar-refractivity contribution in [2.45, 2.75) is 45.2 Å². The summed E-state index contributed by atoms with van der Waals surface area (Å²) in [6.45, 7) is 9.18. The summed E-state index contributed by atoms with van der Waals surface area (Å²) < 4.78 is 32.3. The molecule has 0 saturated carbocycles. The normalized spacial score (nSPS) is 11.9. The first-order valence-corrected chi connectivity index (χ1v) is 10.3. The van der Waals surface area contributed by atoms with Gasteiger partial charge in [-0.1, -0.05) is 6.07 Å². The molecule has 0 radical (unpaired) electrons. The molecule has 0 aliphatic heterocycles. The van der Waals surface area contributed by atoms with Gasteiger partial charge in [-0.25, -0.2) is 13.1 Å². The van der Waals surface area contributed by atoms with E-state index in [9.17, 15) is 18.0 Å². The molecule has 2 aromatic rings. The molecule has 9 heteroatoms. The van der Waals surface area contributed by atoms with E-state index >= 15 is 0 Å². The highest BCUT2D eigenvalue weighted by Crippen LogP contribution is 2.20. The van der Waals surface area contributed by atoms with Crippen LogP contribution in [0.3, 0.4) is 0 Å². The van der Waals surface area contributed by atoms with Crippen LogP contribution in [0.25, 0.3) is 0 Å². The van der Waals surface area contributed by atoms with Gasteiger partial charge in [-0.2, -0.15) is 0 Å². The Morgan fingerprint density at radius 1 is 1.07 bits per heavy atom. The highest BCUT2D eigenvalue weighted by Gasteiger charge is 2.26. The standard InChI is InChI=1S/C19H25N3O5S/c1-6-20-17(23)13-8-7-12(2)14(11-13)21-18(24)15-9-10-16(27-15)28(25,26)22-19(3,4)5/h7-11,22H,6H2,1-5H3,(H,20,23)(H,21,24). The van der Waals surface area contributed by atoms with Crippen LogP contribution in [0, 0.1) is 6.92 Å². The number of carbonyl (C=O) groups excluding carboxylic acids is 2. The maximum atomic E-state index is 12.5. The van der Waals surface area contributed by atoms with Crippen molar-refractivity contribution in [1.29, 1.82) is 0 Å². The fourth-order valence-electron chi connectivity index (χ4n) is 2.38. The Balaban J connectivity index is 2.22. The zero-order valence-electron chi connectivity index (χ0n) is 16.5. The summed E-state index contributed by atoms with van der Waals surface area (Å²) >= 11 is 0. The summed E-state index contributed by atoms with van der Waals surface area (Å²) in [7, 11) is -3.89. The summed E-state index contributed by atoms with van der Waals surface area (Å²) in [5.74, 6) is -1.02. The van der Waals surface area contributed by atoms with Gasteiger partial charge in [-0.15, -0.1) is 0 Å². The maximum Gasteiger partial charge on any atom is 0.291 e. The first-order chi connectivity index (χ1) is 12.9. The number of carbonyl (C=O) groups is 2. The van der Waals surface area contributed by atoms with Gasteiger partial charge in [0.25, 0.3) is 21.8 Å². The SMILES string of the molecule is CCNC(=O)c1ccc(C)c(NC(=O)c2ccc(S(=O)(=O)NC(C)(C)C)o2)c1. The zero-order chi connectivity index (χ0) is 21.1. The molecule has 0 fully saturated rings. The third kappa shape index (κ3) is 5.43. The molecule has 1 aromatic heterocycles. The van der Waals surface area contributed by atoms with Crippen LogP contribution in [0.1, 0.15) is 54.2 Å². The second-order valence-electron chi connectivity index (χ2n) is 7.32. The Morgan fingerprint density at radius 2 is 1.75 bits per heavy atom. The molecule has 0 aliphatic rings. The molecular formula is C19H25N3O5S. The van der Waals surface area contributed by atoms with Gasteiger partial charge < -0.3 is 15.1 Å². The fraction of sp³-hybridized carbons (Fsp3) is 0.368. The number of aryl methyl sites for hydroxylation is 1. The van der Waals surface area contributed by atoms with Crippen LogP contribution in [0.15, 0.2) is 39.8 Å². The number of hydrogen-bond donors (Lipinski definition) is 3. The predicted octanol–water partition coefficient (Wildman–Crippen LogP) is 2.67. The Kier molecular flexibility index (Phi) is 6.30. The van der Waals surface area contributed by atoms with Gasteiger partial charge in [0.15, 0.2) is 5.76 Å². The lowest BCUT2D eigenvalue weighted by molar-refractivity contribution is 0.0953. The smallest absolute Gasteiger partial charge is 0.291 e. The number of benzene rings is 1. The Morgan fingerprint density at radius 3 is 2.36 bits per heavy atom. The molecule has 0 aliphatic carbocycles. The van der Waals surface area contributed by atoms with E-state index in [1.165, 1.54) is 12.1 Å². The second-order valence-corrected chi connectivity index (χ2v) is 8.93. The molecule has 1 heterocycles. The molecule has 8 nitrogen and oxygen atoms in total. The number of sulfonamides is 1. The van der Waals surface area contributed by atoms with Gasteiger partial charge in [-0.05, 0) is 64.4 Å². The lowest BCUT2D eigenvalue weighted by atomic mass is 10.1. The molecule has 0 atom stereocenters. The van der Waals surface area contributed by atoms with Crippen molar-refractivity contribution in [1.82, 2.24) is 10.0 Å². The van der Waals surface area contributed by atoms with Gasteiger partial charge in [0.05, 0.1) is 0 Å². The molecular weight excluding hydrogens is 382 g/mol. The fourth-order valence-corrected chi connectivity index (χ4v) is 3.74. The van der Waals surface area contributed by atoms with Crippen molar-refractivity contribution in [3.8, 4) is 0 Å². The van der Waals surface area contributed by atoms with E-state index in [1.807, 2.05) is 6.92 Å². The molecule has 1 aromatic carbocycles. The summed E-state index contributed by atoms with van der Waals surface area (Å²) in [4.78, 5) is 24.5. The number of nitrogens with one attached hydrogen (secondary N) is 3. The topological polar surface area (TPSA) is 118 Å². The summed E-state index contributed by atoms with van der Waals surface area (Å²) in [6.07, 6.45) is 0. The highest BCUT2D eigenvalue weighted by atomic mass is 32.2. The van der Waals surface area contributed by atoms with Gasteiger partial charge >= 0.3 is 0 Å². The van der Waals surface area contributed by atoms with E-state index in [-0.39, 0.29) is 16.8 Å². The number of amides is 2. The third-order valence-corrected chi connectivity index (χ3v) is 5.23. The van der Waals surface area contributed by atoms with Crippen LogP contribution in [-0.2, 0) is 10.0 Å². The van der Waals surface area contributed by atoms with Crippen LogP contribution in [0.4, 0.5) is 5.69 Å². The van der Waals surface area contributed by atoms with Gasteiger partial charge in [0, 0.05) is 23.3 Å². The maximum absolute atomic E-state index is 12.5. The average molecular weight is 407 g/mol. The van der Waals surface area contributed by atoms with Crippen molar-refractivity contribution >= 4 is 27.5 Å². The van der Waals surface area contributed by atoms with Crippen molar-refractivity contribution in [3.05, 3.63) is 47.2 Å². The first-order valence-electron chi connectivity index (χ1n) is 8.77. The highest BCUT2D eigenvalue weighted by molar-refractivity contribution is 7.89. The van der Waals surface area contributed by atoms with Crippen LogP contribution in [0.5, 0.6) is 0 Å². The molecule has 152 valence electrons. The van der Waals surface area contributed by atoms with Crippen LogP contribution in [-0.4, -0.2) is 32.3 Å². The van der Waals surface area contributed by atoms with E-state index in [4.69, 9.17) is 4.42 Å². The quantitative estimate of drug-likeness (QED) is 0.680. The minimum Gasteiger partial charge on any atom is -0.438 e. The Hall–Kier alpha value is -2.65. The number of rotatable bonds is 6. The Labute approximate surface area is 164 Å². The summed E-state index contributed by atoms with van der Waals surface area (Å²) in [5.41, 5.74) is 0.891. The van der Waals surface area contributed by atoms with Gasteiger partial charge in [-0.3, -0.25) is 9.59 Å². The lowest BCUT2D eigenvalue weighted by Gasteiger charge is -2.18. The van der Waals surface area contributed by atoms with Crippen molar-refractivity contribution < 1.29 is 22.4 Å². The first kappa shape index (κ1) is 21.6. The van der Waals surface area contributed by atoms with E-state index in [2.05, 4.69) is 15.4 Å². The minimum absolute atomic E-state index is 0.155. The van der Waals surface area contributed by atoms with Crippen molar-refractivity contribution in [2.75, 3.05) is 11.9 Å². The molecule has 0 bridgehead atoms. The van der Waals surface area contributed by atoms with E-state index in [1.54, 1.807) is 45.9 Å². The molecule has 2 rings (SSSR count). The van der Waals surface area contributed by atoms with Crippen LogP contribution in [0.2, 0.25) is 0 Å². The van der Waals surface area contributed by atoms with Crippen LogP contribution < -0.4 is 15.4 Å². The number of hydrogen-bond acceptors (Lipinski definition) is 5. The minimum atomic E-state index is -3.89. The summed E-state index contributed by atoms with van der Waals surface area (Å²) in [5, 5.41) is 4.99. The van der Waals surface area contributed by atoms with E-state index in [0.717, 1.165) is 5.56 Å². The third-order valence-electron chi connectivity index (χ3n) is 3.60. The monoisotopic (exact) mass is 407 g/mol. The predicted molar refractivity (Wildman–Crippen MR) is 106 cm³/mol. The number of anilines is 1. The zero-order valence-corrected chi connectivity index (χ0v) is 17.4. The molecule has 2 amide bonds. The molecule has 3 N–H and O–H groups in total. The van der Waals surface area contributed by atoms with Crippen molar-refractivity contribution in [3.63, 3.8) is 0 Å². The van der Waals surface area contributed by atoms with Gasteiger partial charge in [0.2, 0.25) is 5.09 Å². The largest absolute Gasteiger partial charge is 0.438 e. The van der Waals surface area contributed by atoms with E-state index in [0.29, 0.717) is 17.8 Å². The van der Waals surface area contributed by atoms with Gasteiger partial charge in [0.1, 0.15) is 0 Å². The lowest BCUT2D eigenvalue weighted by Crippen LogP contribution is -2.40. The molecule has 28 heavy (non-hydrogen) atoms. The second kappa shape index (κ2) is 8.15. The molecule has 0 saturated heterocycles. The molecule has 0 unspecified atom stereocenters. The van der Waals surface area contributed by atoms with Crippen LogP contribution >= 0.6 is 0 Å². The van der Waals surface area contributed by atoms with Crippen molar-refractivity contribution in [2.24, 2.45) is 0 Å². The Bertz CT molecular complexity index is 987.